The van der Waals surface area contributed by atoms with Gasteiger partial charge in [-0.25, -0.2) is 0 Å². The van der Waals surface area contributed by atoms with Gasteiger partial charge in [0.05, 0.1) is 0 Å². The molecule has 2 heteroatoms. The fourth-order valence-electron chi connectivity index (χ4n) is 2.97. The zero-order chi connectivity index (χ0) is 13.3. The third-order valence-electron chi connectivity index (χ3n) is 3.88. The quantitative estimate of drug-likeness (QED) is 0.662. The summed E-state index contributed by atoms with van der Waals surface area (Å²) in [4.78, 5) is 11.4. The van der Waals surface area contributed by atoms with Crippen molar-refractivity contribution in [1.82, 2.24) is 0 Å². The Labute approximate surface area is 127 Å². The number of ketones is 1. The second-order valence-corrected chi connectivity index (χ2v) is 6.41. The van der Waals surface area contributed by atoms with E-state index in [4.69, 9.17) is 0 Å². The van der Waals surface area contributed by atoms with Crippen LogP contribution < -0.4 is 0 Å². The van der Waals surface area contributed by atoms with Crippen LogP contribution in [0.25, 0.3) is 5.57 Å². The molecule has 0 radical (unpaired) electrons. The molecule has 0 saturated carbocycles. The van der Waals surface area contributed by atoms with Crippen molar-refractivity contribution in [3.05, 3.63) is 63.8 Å². The van der Waals surface area contributed by atoms with E-state index in [0.29, 0.717) is 0 Å². The first kappa shape index (κ1) is 12.9. The maximum Gasteiger partial charge on any atom is 0.178 e. The highest BCUT2D eigenvalue weighted by Gasteiger charge is 2.35. The lowest BCUT2D eigenvalue weighted by Gasteiger charge is -2.37. The molecule has 0 heterocycles. The molecule has 0 aromatic heterocycles. The van der Waals surface area contributed by atoms with E-state index in [2.05, 4.69) is 59.0 Å². The Morgan fingerprint density at radius 3 is 2.42 bits per heavy atom. The summed E-state index contributed by atoms with van der Waals surface area (Å²) in [7, 11) is 0. The van der Waals surface area contributed by atoms with Crippen LogP contribution in [0.1, 0.15) is 24.8 Å². The fraction of sp³-hybridized carbons (Fsp3) is 0.235. The van der Waals surface area contributed by atoms with E-state index >= 15 is 0 Å². The molecule has 19 heavy (non-hydrogen) atoms. The molecule has 96 valence electrons. The molecule has 0 bridgehead atoms. The molecular formula is C17H15IO. The topological polar surface area (TPSA) is 17.1 Å². The first-order chi connectivity index (χ1) is 9.21. The van der Waals surface area contributed by atoms with Gasteiger partial charge in [-0.3, -0.25) is 4.79 Å². The Kier molecular flexibility index (Phi) is 3.44. The van der Waals surface area contributed by atoms with E-state index in [9.17, 15) is 4.79 Å². The van der Waals surface area contributed by atoms with Crippen LogP contribution in [0.3, 0.4) is 0 Å². The minimum atomic E-state index is -0.0793. The van der Waals surface area contributed by atoms with E-state index in [1.807, 2.05) is 6.07 Å². The Bertz CT molecular complexity index is 577. The Balaban J connectivity index is 2.15. The minimum absolute atomic E-state index is 0.0793. The van der Waals surface area contributed by atoms with Gasteiger partial charge in [0.25, 0.3) is 0 Å². The molecule has 0 amide bonds. The molecule has 0 fully saturated rings. The molecule has 0 unspecified atom stereocenters. The van der Waals surface area contributed by atoms with E-state index in [-0.39, 0.29) is 11.2 Å². The highest BCUT2D eigenvalue weighted by molar-refractivity contribution is 14.1. The van der Waals surface area contributed by atoms with Crippen LogP contribution in [0.5, 0.6) is 0 Å². The van der Waals surface area contributed by atoms with Crippen molar-refractivity contribution < 1.29 is 4.79 Å². The summed E-state index contributed by atoms with van der Waals surface area (Å²) in [5.41, 5.74) is 2.57. The molecule has 3 rings (SSSR count). The second kappa shape index (κ2) is 5.08. The summed E-state index contributed by atoms with van der Waals surface area (Å²) in [5.74, 6) is 0.0959. The van der Waals surface area contributed by atoms with Crippen LogP contribution >= 0.6 is 22.6 Å². The SMILES string of the molecule is O=C1C=CC2(C=C1)CCCC(I)=C2c1ccccc1. The lowest BCUT2D eigenvalue weighted by Crippen LogP contribution is -2.24. The predicted molar refractivity (Wildman–Crippen MR) is 87.0 cm³/mol. The van der Waals surface area contributed by atoms with Gasteiger partial charge in [-0.15, -0.1) is 0 Å². The van der Waals surface area contributed by atoms with Crippen molar-refractivity contribution in [3.63, 3.8) is 0 Å². The molecule has 2 aliphatic rings. The lowest BCUT2D eigenvalue weighted by molar-refractivity contribution is -0.110. The number of carbonyl (C=O) groups excluding carboxylic acids is 1. The largest absolute Gasteiger partial charge is 0.290 e. The molecule has 2 aliphatic carbocycles. The number of carbonyl (C=O) groups is 1. The van der Waals surface area contributed by atoms with E-state index in [1.54, 1.807) is 12.2 Å². The van der Waals surface area contributed by atoms with E-state index < -0.39 is 0 Å². The molecule has 0 aliphatic heterocycles. The van der Waals surface area contributed by atoms with Crippen LogP contribution in [0.4, 0.5) is 0 Å². The Morgan fingerprint density at radius 1 is 1.05 bits per heavy atom. The van der Waals surface area contributed by atoms with Gasteiger partial charge in [-0.2, -0.15) is 0 Å². The second-order valence-electron chi connectivity index (χ2n) is 5.11. The van der Waals surface area contributed by atoms with E-state index in [1.165, 1.54) is 21.1 Å². The first-order valence-electron chi connectivity index (χ1n) is 6.58. The predicted octanol–water partition coefficient (Wildman–Crippen LogP) is 4.70. The first-order valence-corrected chi connectivity index (χ1v) is 7.66. The molecule has 0 saturated heterocycles. The third-order valence-corrected chi connectivity index (χ3v) is 4.95. The molecule has 1 aromatic rings. The normalized spacial score (nSPS) is 21.2. The number of allylic oxidation sites excluding steroid dienone is 6. The third kappa shape index (κ3) is 2.34. The lowest BCUT2D eigenvalue weighted by atomic mass is 9.68. The molecule has 0 N–H and O–H groups in total. The molecule has 1 nitrogen and oxygen atoms in total. The van der Waals surface area contributed by atoms with Crippen LogP contribution in [-0.2, 0) is 4.79 Å². The Morgan fingerprint density at radius 2 is 1.74 bits per heavy atom. The zero-order valence-electron chi connectivity index (χ0n) is 10.6. The molecule has 0 atom stereocenters. The van der Waals surface area contributed by atoms with Crippen LogP contribution in [-0.4, -0.2) is 5.78 Å². The average molecular weight is 362 g/mol. The average Bonchev–Trinajstić information content (AvgIpc) is 2.43. The van der Waals surface area contributed by atoms with Crippen LogP contribution in [0, 0.1) is 5.41 Å². The number of hydrogen-bond acceptors (Lipinski definition) is 1. The highest BCUT2D eigenvalue weighted by Crippen LogP contribution is 2.51. The van der Waals surface area contributed by atoms with Gasteiger partial charge < -0.3 is 0 Å². The number of benzene rings is 1. The maximum absolute atomic E-state index is 11.4. The van der Waals surface area contributed by atoms with Crippen molar-refractivity contribution in [1.29, 1.82) is 0 Å². The van der Waals surface area contributed by atoms with Gasteiger partial charge in [0.15, 0.2) is 5.78 Å². The van der Waals surface area contributed by atoms with E-state index in [0.717, 1.165) is 12.8 Å². The van der Waals surface area contributed by atoms with Crippen molar-refractivity contribution >= 4 is 33.9 Å². The Hall–Kier alpha value is -1.16. The molecule has 1 aromatic carbocycles. The molecule has 1 spiro atoms. The van der Waals surface area contributed by atoms with Gasteiger partial charge in [-0.1, -0.05) is 42.5 Å². The summed E-state index contributed by atoms with van der Waals surface area (Å²) in [5, 5.41) is 0. The van der Waals surface area contributed by atoms with Gasteiger partial charge in [-0.05, 0) is 68.7 Å². The monoisotopic (exact) mass is 362 g/mol. The number of halogens is 1. The maximum atomic E-state index is 11.4. The summed E-state index contributed by atoms with van der Waals surface area (Å²) in [6.45, 7) is 0. The van der Waals surface area contributed by atoms with Gasteiger partial charge in [0, 0.05) is 5.41 Å². The van der Waals surface area contributed by atoms with Gasteiger partial charge in [0.2, 0.25) is 0 Å². The molecular weight excluding hydrogens is 347 g/mol. The van der Waals surface area contributed by atoms with Crippen molar-refractivity contribution in [2.75, 3.05) is 0 Å². The highest BCUT2D eigenvalue weighted by atomic mass is 127. The summed E-state index contributed by atoms with van der Waals surface area (Å²) in [6, 6.07) is 10.5. The van der Waals surface area contributed by atoms with Crippen molar-refractivity contribution in [3.8, 4) is 0 Å². The van der Waals surface area contributed by atoms with Crippen LogP contribution in [0.2, 0.25) is 0 Å². The minimum Gasteiger partial charge on any atom is -0.290 e. The number of hydrogen-bond donors (Lipinski definition) is 0. The number of rotatable bonds is 1. The van der Waals surface area contributed by atoms with Crippen molar-refractivity contribution in [2.45, 2.75) is 19.3 Å². The zero-order valence-corrected chi connectivity index (χ0v) is 12.8. The summed E-state index contributed by atoms with van der Waals surface area (Å²) in [6.07, 6.45) is 11.0. The summed E-state index contributed by atoms with van der Waals surface area (Å²) < 4.78 is 1.42. The van der Waals surface area contributed by atoms with Gasteiger partial charge >= 0.3 is 0 Å². The smallest absolute Gasteiger partial charge is 0.178 e. The summed E-state index contributed by atoms with van der Waals surface area (Å²) >= 11 is 2.47. The fourth-order valence-corrected chi connectivity index (χ4v) is 4.17. The van der Waals surface area contributed by atoms with Gasteiger partial charge in [0.1, 0.15) is 0 Å². The van der Waals surface area contributed by atoms with Crippen LogP contribution in [0.15, 0.2) is 58.2 Å². The standard InChI is InChI=1S/C17H15IO/c18-15-7-4-10-17(11-8-14(19)9-12-17)16(15)13-5-2-1-3-6-13/h1-3,5-6,8-9,11-12H,4,7,10H2. The van der Waals surface area contributed by atoms with Crippen molar-refractivity contribution in [2.24, 2.45) is 5.41 Å².